The molecule has 1 aromatic heterocycles. The van der Waals surface area contributed by atoms with Gasteiger partial charge >= 0.3 is 0 Å². The Morgan fingerprint density at radius 2 is 2.00 bits per heavy atom. The number of hydrogen-bond acceptors (Lipinski definition) is 2. The Balaban J connectivity index is 2.00. The Kier molecular flexibility index (Phi) is 3.82. The van der Waals surface area contributed by atoms with E-state index < -0.39 is 0 Å². The highest BCUT2D eigenvalue weighted by molar-refractivity contribution is 9.10. The summed E-state index contributed by atoms with van der Waals surface area (Å²) >= 11 is 3.74. The molecule has 1 unspecified atom stereocenters. The molecule has 0 fully saturated rings. The molecule has 4 heteroatoms. The zero-order chi connectivity index (χ0) is 15.0. The molecule has 1 atom stereocenters. The van der Waals surface area contributed by atoms with Crippen molar-refractivity contribution in [2.45, 2.75) is 39.7 Å². The molecular formula is C17H22BrN3. The highest BCUT2D eigenvalue weighted by atomic mass is 79.9. The number of nitrogens with one attached hydrogen (secondary N) is 1. The van der Waals surface area contributed by atoms with Gasteiger partial charge in [0, 0.05) is 6.54 Å². The lowest BCUT2D eigenvalue weighted by molar-refractivity contribution is 0.398. The van der Waals surface area contributed by atoms with Gasteiger partial charge in [-0.25, -0.2) is 4.68 Å². The van der Waals surface area contributed by atoms with E-state index in [1.54, 1.807) is 0 Å². The lowest BCUT2D eigenvalue weighted by Gasteiger charge is -2.26. The van der Waals surface area contributed by atoms with Crippen LogP contribution >= 0.6 is 15.9 Å². The van der Waals surface area contributed by atoms with Gasteiger partial charge in [-0.2, -0.15) is 5.10 Å². The Labute approximate surface area is 134 Å². The van der Waals surface area contributed by atoms with Crippen molar-refractivity contribution < 1.29 is 0 Å². The SMILES string of the molecule is CC(C)(C)Cc1nn2c(c1Br)NCCC2c1ccccc1. The van der Waals surface area contributed by atoms with E-state index in [1.807, 2.05) is 0 Å². The number of rotatable bonds is 2. The maximum Gasteiger partial charge on any atom is 0.139 e. The first kappa shape index (κ1) is 14.6. The van der Waals surface area contributed by atoms with Crippen LogP contribution in [0, 0.1) is 5.41 Å². The monoisotopic (exact) mass is 347 g/mol. The predicted octanol–water partition coefficient (Wildman–Crippen LogP) is 4.64. The molecule has 2 heterocycles. The molecule has 1 aromatic carbocycles. The molecule has 0 spiro atoms. The summed E-state index contributed by atoms with van der Waals surface area (Å²) in [6.45, 7) is 7.73. The first-order valence-electron chi connectivity index (χ1n) is 7.51. The number of fused-ring (bicyclic) bond motifs is 1. The van der Waals surface area contributed by atoms with Crippen molar-refractivity contribution in [3.05, 3.63) is 46.1 Å². The predicted molar refractivity (Wildman–Crippen MR) is 90.8 cm³/mol. The number of aromatic nitrogens is 2. The van der Waals surface area contributed by atoms with E-state index >= 15 is 0 Å². The summed E-state index contributed by atoms with van der Waals surface area (Å²) in [5.74, 6) is 1.12. The highest BCUT2D eigenvalue weighted by Gasteiger charge is 2.28. The molecule has 0 bridgehead atoms. The summed E-state index contributed by atoms with van der Waals surface area (Å²) < 4.78 is 3.28. The van der Waals surface area contributed by atoms with Crippen LogP contribution in [0.15, 0.2) is 34.8 Å². The van der Waals surface area contributed by atoms with Gasteiger partial charge in [-0.1, -0.05) is 51.1 Å². The molecule has 3 rings (SSSR count). The Hall–Kier alpha value is -1.29. The van der Waals surface area contributed by atoms with Crippen LogP contribution in [0.2, 0.25) is 0 Å². The van der Waals surface area contributed by atoms with Crippen LogP contribution in [-0.2, 0) is 6.42 Å². The smallest absolute Gasteiger partial charge is 0.139 e. The highest BCUT2D eigenvalue weighted by Crippen LogP contribution is 2.37. The van der Waals surface area contributed by atoms with E-state index in [9.17, 15) is 0 Å². The summed E-state index contributed by atoms with van der Waals surface area (Å²) in [7, 11) is 0. The van der Waals surface area contributed by atoms with Crippen LogP contribution in [0.4, 0.5) is 5.82 Å². The zero-order valence-electron chi connectivity index (χ0n) is 12.9. The zero-order valence-corrected chi connectivity index (χ0v) is 14.4. The van der Waals surface area contributed by atoms with Crippen molar-refractivity contribution in [1.82, 2.24) is 9.78 Å². The van der Waals surface area contributed by atoms with Crippen LogP contribution in [0.1, 0.15) is 44.5 Å². The normalized spacial score (nSPS) is 18.2. The van der Waals surface area contributed by atoms with E-state index in [0.29, 0.717) is 6.04 Å². The molecule has 0 aliphatic carbocycles. The molecule has 0 amide bonds. The van der Waals surface area contributed by atoms with Gasteiger partial charge in [-0.05, 0) is 39.8 Å². The van der Waals surface area contributed by atoms with Crippen LogP contribution < -0.4 is 5.32 Å². The topological polar surface area (TPSA) is 29.9 Å². The molecule has 112 valence electrons. The Bertz CT molecular complexity index is 625. The summed E-state index contributed by atoms with van der Waals surface area (Å²) in [5.41, 5.74) is 2.71. The van der Waals surface area contributed by atoms with Gasteiger partial charge in [0.05, 0.1) is 16.2 Å². The van der Waals surface area contributed by atoms with Crippen molar-refractivity contribution in [1.29, 1.82) is 0 Å². The lowest BCUT2D eigenvalue weighted by Crippen LogP contribution is -2.24. The van der Waals surface area contributed by atoms with Crippen LogP contribution in [0.5, 0.6) is 0 Å². The van der Waals surface area contributed by atoms with Gasteiger partial charge in [-0.15, -0.1) is 0 Å². The minimum atomic E-state index is 0.231. The fourth-order valence-electron chi connectivity index (χ4n) is 2.89. The lowest BCUT2D eigenvalue weighted by atomic mass is 9.91. The fourth-order valence-corrected chi connectivity index (χ4v) is 3.43. The third-order valence-corrected chi connectivity index (χ3v) is 4.64. The third-order valence-electron chi connectivity index (χ3n) is 3.81. The van der Waals surface area contributed by atoms with E-state index in [4.69, 9.17) is 5.10 Å². The van der Waals surface area contributed by atoms with Gasteiger partial charge in [0.25, 0.3) is 0 Å². The van der Waals surface area contributed by atoms with Crippen molar-refractivity contribution in [2.24, 2.45) is 5.41 Å². The average Bonchev–Trinajstić information content (AvgIpc) is 2.75. The molecule has 2 aromatic rings. The second kappa shape index (κ2) is 5.48. The van der Waals surface area contributed by atoms with Crippen LogP contribution in [0.3, 0.4) is 0 Å². The second-order valence-electron chi connectivity index (χ2n) is 6.93. The molecule has 0 saturated heterocycles. The minimum absolute atomic E-state index is 0.231. The molecule has 0 radical (unpaired) electrons. The molecular weight excluding hydrogens is 326 g/mol. The van der Waals surface area contributed by atoms with Crippen molar-refractivity contribution >= 4 is 21.7 Å². The van der Waals surface area contributed by atoms with E-state index in [0.717, 1.165) is 35.4 Å². The van der Waals surface area contributed by atoms with Gasteiger partial charge in [0.1, 0.15) is 5.82 Å². The summed E-state index contributed by atoms with van der Waals surface area (Å²) in [4.78, 5) is 0. The van der Waals surface area contributed by atoms with Gasteiger partial charge in [-0.3, -0.25) is 0 Å². The van der Waals surface area contributed by atoms with Crippen LogP contribution in [0.25, 0.3) is 0 Å². The summed E-state index contributed by atoms with van der Waals surface area (Å²) in [6.07, 6.45) is 2.04. The number of benzene rings is 1. The van der Waals surface area contributed by atoms with Crippen molar-refractivity contribution in [2.75, 3.05) is 11.9 Å². The Morgan fingerprint density at radius 3 is 2.67 bits per heavy atom. The number of halogens is 1. The van der Waals surface area contributed by atoms with Gasteiger partial charge in [0.15, 0.2) is 0 Å². The maximum absolute atomic E-state index is 4.90. The standard InChI is InChI=1S/C17H22BrN3/c1-17(2,3)11-13-15(18)16-19-10-9-14(21(16)20-13)12-7-5-4-6-8-12/h4-8,14,19H,9-11H2,1-3H3. The molecule has 1 aliphatic rings. The molecule has 3 nitrogen and oxygen atoms in total. The number of anilines is 1. The van der Waals surface area contributed by atoms with Gasteiger partial charge in [0.2, 0.25) is 0 Å². The summed E-state index contributed by atoms with van der Waals surface area (Å²) in [5, 5.41) is 8.39. The summed E-state index contributed by atoms with van der Waals surface area (Å²) in [6, 6.07) is 11.0. The van der Waals surface area contributed by atoms with E-state index in [1.165, 1.54) is 5.56 Å². The fraction of sp³-hybridized carbons (Fsp3) is 0.471. The largest absolute Gasteiger partial charge is 0.369 e. The number of hydrogen-bond donors (Lipinski definition) is 1. The van der Waals surface area contributed by atoms with E-state index in [2.05, 4.69) is 77.0 Å². The first-order chi connectivity index (χ1) is 9.96. The third kappa shape index (κ3) is 3.00. The molecule has 0 saturated carbocycles. The number of nitrogens with zero attached hydrogens (tertiary/aromatic N) is 2. The van der Waals surface area contributed by atoms with Crippen molar-refractivity contribution in [3.8, 4) is 0 Å². The Morgan fingerprint density at radius 1 is 1.29 bits per heavy atom. The minimum Gasteiger partial charge on any atom is -0.369 e. The quantitative estimate of drug-likeness (QED) is 0.857. The van der Waals surface area contributed by atoms with E-state index in [-0.39, 0.29) is 5.41 Å². The van der Waals surface area contributed by atoms with Crippen molar-refractivity contribution in [3.63, 3.8) is 0 Å². The first-order valence-corrected chi connectivity index (χ1v) is 8.31. The molecule has 21 heavy (non-hydrogen) atoms. The second-order valence-corrected chi connectivity index (χ2v) is 7.73. The maximum atomic E-state index is 4.90. The van der Waals surface area contributed by atoms with Gasteiger partial charge < -0.3 is 5.32 Å². The molecule has 1 N–H and O–H groups in total. The molecule has 1 aliphatic heterocycles. The van der Waals surface area contributed by atoms with Crippen LogP contribution in [-0.4, -0.2) is 16.3 Å². The average molecular weight is 348 g/mol.